The lowest BCUT2D eigenvalue weighted by molar-refractivity contribution is -0.133. The Kier molecular flexibility index (Phi) is 3.01. The maximum absolute atomic E-state index is 11.3. The van der Waals surface area contributed by atoms with Crippen LogP contribution in [0.5, 0.6) is 0 Å². The largest absolute Gasteiger partial charge is 0.477 e. The summed E-state index contributed by atoms with van der Waals surface area (Å²) in [5.41, 5.74) is 0.501. The molecule has 2 amide bonds. The summed E-state index contributed by atoms with van der Waals surface area (Å²) in [6.07, 6.45) is 1.41. The number of benzene rings is 1. The molecule has 0 aromatic heterocycles. The Bertz CT molecular complexity index is 513. The van der Waals surface area contributed by atoms with Gasteiger partial charge in [-0.3, -0.25) is 0 Å². The van der Waals surface area contributed by atoms with Gasteiger partial charge < -0.3 is 15.7 Å². The number of carbonyl (C=O) groups excluding carboxylic acids is 1. The Labute approximate surface area is 102 Å². The van der Waals surface area contributed by atoms with Crippen molar-refractivity contribution in [1.29, 1.82) is 0 Å². The number of hydrogen-bond acceptors (Lipinski definition) is 2. The molecule has 0 saturated heterocycles. The summed E-state index contributed by atoms with van der Waals surface area (Å²) >= 11 is 5.98. The van der Waals surface area contributed by atoms with Gasteiger partial charge in [0.1, 0.15) is 5.70 Å². The summed E-state index contributed by atoms with van der Waals surface area (Å²) < 4.78 is 0. The molecule has 1 aliphatic rings. The number of carbonyl (C=O) groups is 2. The first-order valence-corrected chi connectivity index (χ1v) is 5.23. The number of nitrogens with one attached hydrogen (secondary N) is 2. The SMILES string of the molecule is O=C1NC(C(=O)O)=C[C@H](c2ccccc2Cl)N1. The average Bonchev–Trinajstić information content (AvgIpc) is 2.28. The molecule has 1 aromatic carbocycles. The van der Waals surface area contributed by atoms with Crippen LogP contribution in [0.2, 0.25) is 5.02 Å². The molecule has 2 rings (SSSR count). The summed E-state index contributed by atoms with van der Waals surface area (Å²) in [4.78, 5) is 22.1. The highest BCUT2D eigenvalue weighted by molar-refractivity contribution is 6.31. The van der Waals surface area contributed by atoms with Gasteiger partial charge in [-0.05, 0) is 17.7 Å². The zero-order valence-corrected chi connectivity index (χ0v) is 9.36. The maximum atomic E-state index is 11.3. The van der Waals surface area contributed by atoms with Gasteiger partial charge in [0.05, 0.1) is 6.04 Å². The van der Waals surface area contributed by atoms with Crippen LogP contribution in [-0.4, -0.2) is 17.1 Å². The highest BCUT2D eigenvalue weighted by atomic mass is 35.5. The molecule has 0 unspecified atom stereocenters. The van der Waals surface area contributed by atoms with E-state index in [4.69, 9.17) is 16.7 Å². The van der Waals surface area contributed by atoms with E-state index in [9.17, 15) is 9.59 Å². The Hall–Kier alpha value is -2.01. The van der Waals surface area contributed by atoms with Crippen molar-refractivity contribution in [1.82, 2.24) is 10.6 Å². The topological polar surface area (TPSA) is 78.4 Å². The third kappa shape index (κ3) is 2.39. The van der Waals surface area contributed by atoms with Crippen molar-refractivity contribution in [2.45, 2.75) is 6.04 Å². The molecule has 0 fully saturated rings. The molecule has 0 aliphatic carbocycles. The van der Waals surface area contributed by atoms with Crippen molar-refractivity contribution in [2.75, 3.05) is 0 Å². The first-order valence-electron chi connectivity index (χ1n) is 4.85. The predicted octanol–water partition coefficient (Wildman–Crippen LogP) is 1.66. The van der Waals surface area contributed by atoms with Gasteiger partial charge in [0.25, 0.3) is 0 Å². The minimum Gasteiger partial charge on any atom is -0.477 e. The van der Waals surface area contributed by atoms with E-state index >= 15 is 0 Å². The lowest BCUT2D eigenvalue weighted by Gasteiger charge is -2.22. The van der Waals surface area contributed by atoms with Gasteiger partial charge in [-0.2, -0.15) is 0 Å². The molecular formula is C11H9ClN2O3. The molecule has 3 N–H and O–H groups in total. The molecule has 1 atom stereocenters. The van der Waals surface area contributed by atoms with Crippen molar-refractivity contribution in [3.05, 3.63) is 46.6 Å². The van der Waals surface area contributed by atoms with Crippen LogP contribution in [0.3, 0.4) is 0 Å². The second kappa shape index (κ2) is 4.47. The van der Waals surface area contributed by atoms with Crippen LogP contribution < -0.4 is 10.6 Å². The summed E-state index contributed by atoms with van der Waals surface area (Å²) in [6, 6.07) is 5.84. The zero-order chi connectivity index (χ0) is 12.4. The normalized spacial score (nSPS) is 19.0. The van der Waals surface area contributed by atoms with Crippen molar-refractivity contribution >= 4 is 23.6 Å². The first-order chi connectivity index (χ1) is 8.08. The van der Waals surface area contributed by atoms with Crippen molar-refractivity contribution < 1.29 is 14.7 Å². The number of rotatable bonds is 2. The Morgan fingerprint density at radius 1 is 1.35 bits per heavy atom. The minimum atomic E-state index is -1.18. The summed E-state index contributed by atoms with van der Waals surface area (Å²) in [7, 11) is 0. The number of hydrogen-bond donors (Lipinski definition) is 3. The first kappa shape index (κ1) is 11.5. The zero-order valence-electron chi connectivity index (χ0n) is 8.61. The van der Waals surface area contributed by atoms with Gasteiger partial charge in [0.2, 0.25) is 0 Å². The molecule has 0 saturated carbocycles. The minimum absolute atomic E-state index is 0.154. The Morgan fingerprint density at radius 2 is 2.06 bits per heavy atom. The standard InChI is InChI=1S/C11H9ClN2O3/c12-7-4-2-1-3-6(7)8-5-9(10(15)16)14-11(17)13-8/h1-5,8H,(H,15,16)(H2,13,14,17)/t8-/m1/s1. The Morgan fingerprint density at radius 3 is 2.71 bits per heavy atom. The van der Waals surface area contributed by atoms with E-state index in [1.807, 2.05) is 0 Å². The van der Waals surface area contributed by atoms with E-state index in [1.54, 1.807) is 24.3 Å². The van der Waals surface area contributed by atoms with Crippen molar-refractivity contribution in [3.8, 4) is 0 Å². The van der Waals surface area contributed by atoms with E-state index in [2.05, 4.69) is 10.6 Å². The van der Waals surface area contributed by atoms with Gasteiger partial charge in [0, 0.05) is 5.02 Å². The van der Waals surface area contributed by atoms with E-state index in [1.165, 1.54) is 6.08 Å². The molecule has 1 aliphatic heterocycles. The molecule has 1 heterocycles. The fourth-order valence-electron chi connectivity index (χ4n) is 1.57. The summed E-state index contributed by atoms with van der Waals surface area (Å²) in [6.45, 7) is 0. The number of aliphatic carboxylic acids is 1. The fraction of sp³-hybridized carbons (Fsp3) is 0.0909. The predicted molar refractivity (Wildman–Crippen MR) is 61.6 cm³/mol. The quantitative estimate of drug-likeness (QED) is 0.749. The van der Waals surface area contributed by atoms with E-state index in [0.717, 1.165) is 0 Å². The lowest BCUT2D eigenvalue weighted by Crippen LogP contribution is -2.43. The van der Waals surface area contributed by atoms with Crippen LogP contribution in [-0.2, 0) is 4.79 Å². The number of amides is 2. The molecule has 5 nitrogen and oxygen atoms in total. The van der Waals surface area contributed by atoms with Crippen LogP contribution in [0.25, 0.3) is 0 Å². The van der Waals surface area contributed by atoms with Gasteiger partial charge in [0.15, 0.2) is 0 Å². The third-order valence-electron chi connectivity index (χ3n) is 2.34. The van der Waals surface area contributed by atoms with Crippen LogP contribution in [0.15, 0.2) is 36.0 Å². The van der Waals surface area contributed by atoms with Crippen LogP contribution in [0, 0.1) is 0 Å². The number of carboxylic acid groups (broad SMARTS) is 1. The average molecular weight is 253 g/mol. The highest BCUT2D eigenvalue weighted by Crippen LogP contribution is 2.25. The molecule has 0 bridgehead atoms. The molecule has 6 heteroatoms. The molecule has 17 heavy (non-hydrogen) atoms. The maximum Gasteiger partial charge on any atom is 0.352 e. The number of carboxylic acids is 1. The summed E-state index contributed by atoms with van der Waals surface area (Å²) in [5, 5.41) is 14.1. The highest BCUT2D eigenvalue weighted by Gasteiger charge is 2.24. The molecule has 88 valence electrons. The van der Waals surface area contributed by atoms with Gasteiger partial charge >= 0.3 is 12.0 Å². The fourth-order valence-corrected chi connectivity index (χ4v) is 1.82. The smallest absolute Gasteiger partial charge is 0.352 e. The van der Waals surface area contributed by atoms with Crippen molar-refractivity contribution in [3.63, 3.8) is 0 Å². The van der Waals surface area contributed by atoms with Crippen LogP contribution in [0.1, 0.15) is 11.6 Å². The monoisotopic (exact) mass is 252 g/mol. The van der Waals surface area contributed by atoms with E-state index < -0.39 is 18.0 Å². The van der Waals surface area contributed by atoms with Gasteiger partial charge in [-0.15, -0.1) is 0 Å². The van der Waals surface area contributed by atoms with Crippen LogP contribution in [0.4, 0.5) is 4.79 Å². The van der Waals surface area contributed by atoms with Gasteiger partial charge in [-0.25, -0.2) is 9.59 Å². The molecular weight excluding hydrogens is 244 g/mol. The lowest BCUT2D eigenvalue weighted by atomic mass is 10.0. The molecule has 1 aromatic rings. The second-order valence-corrected chi connectivity index (χ2v) is 3.89. The molecule has 0 radical (unpaired) electrons. The third-order valence-corrected chi connectivity index (χ3v) is 2.68. The van der Waals surface area contributed by atoms with Crippen molar-refractivity contribution in [2.24, 2.45) is 0 Å². The molecule has 0 spiro atoms. The number of halogens is 1. The Balaban J connectivity index is 2.39. The number of urea groups is 1. The van der Waals surface area contributed by atoms with Gasteiger partial charge in [-0.1, -0.05) is 29.8 Å². The van der Waals surface area contributed by atoms with E-state index in [0.29, 0.717) is 10.6 Å². The van der Waals surface area contributed by atoms with E-state index in [-0.39, 0.29) is 5.70 Å². The summed E-state index contributed by atoms with van der Waals surface area (Å²) in [5.74, 6) is -1.18. The van der Waals surface area contributed by atoms with Crippen LogP contribution >= 0.6 is 11.6 Å². The second-order valence-electron chi connectivity index (χ2n) is 3.48.